The van der Waals surface area contributed by atoms with Crippen LogP contribution in [0.5, 0.6) is 0 Å². The Hall–Kier alpha value is -3.10. The molecule has 0 saturated carbocycles. The van der Waals surface area contributed by atoms with Crippen LogP contribution in [0.1, 0.15) is 16.8 Å². The molecular weight excluding hydrogens is 415 g/mol. The highest BCUT2D eigenvalue weighted by atomic mass is 32.2. The first kappa shape index (κ1) is 21.1. The van der Waals surface area contributed by atoms with Crippen LogP contribution in [0.25, 0.3) is 0 Å². The van der Waals surface area contributed by atoms with Gasteiger partial charge in [0.1, 0.15) is 11.6 Å². The summed E-state index contributed by atoms with van der Waals surface area (Å²) in [5, 5.41) is 16.0. The van der Waals surface area contributed by atoms with Gasteiger partial charge in [0.2, 0.25) is 5.91 Å². The lowest BCUT2D eigenvalue weighted by atomic mass is 10.1. The van der Waals surface area contributed by atoms with Gasteiger partial charge in [0.05, 0.1) is 30.2 Å². The summed E-state index contributed by atoms with van der Waals surface area (Å²) in [6.45, 7) is 2.63. The Kier molecular flexibility index (Phi) is 6.11. The van der Waals surface area contributed by atoms with Crippen molar-refractivity contribution in [3.8, 4) is 0 Å². The van der Waals surface area contributed by atoms with Crippen molar-refractivity contribution in [2.45, 2.75) is 29.9 Å². The second kappa shape index (κ2) is 8.95. The predicted molar refractivity (Wildman–Crippen MR) is 121 cm³/mol. The normalized spacial score (nSPS) is 13.0. The van der Waals surface area contributed by atoms with Crippen molar-refractivity contribution in [3.05, 3.63) is 71.2 Å². The molecule has 0 aliphatic carbocycles. The number of rotatable bonds is 6. The summed E-state index contributed by atoms with van der Waals surface area (Å²) in [4.78, 5) is 20.1. The number of nitrogens with one attached hydrogen (secondary N) is 2. The molecule has 3 aromatic rings. The molecule has 1 aromatic heterocycles. The van der Waals surface area contributed by atoms with Gasteiger partial charge in [-0.2, -0.15) is 0 Å². The molecule has 4 rings (SSSR count). The Morgan fingerprint density at radius 3 is 2.74 bits per heavy atom. The Labute approximate surface area is 184 Å². The van der Waals surface area contributed by atoms with E-state index in [0.29, 0.717) is 13.1 Å². The molecule has 8 heteroatoms. The van der Waals surface area contributed by atoms with Crippen molar-refractivity contribution in [1.82, 2.24) is 4.98 Å². The van der Waals surface area contributed by atoms with Crippen LogP contribution < -0.4 is 15.5 Å². The Balaban J connectivity index is 1.49. The van der Waals surface area contributed by atoms with E-state index in [2.05, 4.69) is 15.6 Å². The second-order valence-electron chi connectivity index (χ2n) is 7.40. The molecule has 0 bridgehead atoms. The Morgan fingerprint density at radius 1 is 1.23 bits per heavy atom. The minimum absolute atomic E-state index is 0.0456. The SMILES string of the molecule is Cc1nc(NCc2ccc(Sc3ccc(F)cc3)c(CO)c2)cc2c1NC(=O)CN2C. The average Bonchev–Trinajstić information content (AvgIpc) is 2.75. The van der Waals surface area contributed by atoms with Gasteiger partial charge >= 0.3 is 0 Å². The number of aliphatic hydroxyl groups is 1. The van der Waals surface area contributed by atoms with Gasteiger partial charge in [-0.15, -0.1) is 0 Å². The number of carbonyl (C=O) groups excluding carboxylic acids is 1. The van der Waals surface area contributed by atoms with E-state index in [9.17, 15) is 14.3 Å². The first-order chi connectivity index (χ1) is 14.9. The highest BCUT2D eigenvalue weighted by Crippen LogP contribution is 2.34. The number of likely N-dealkylation sites (N-methyl/N-ethyl adjacent to an activating group) is 1. The van der Waals surface area contributed by atoms with E-state index in [1.807, 2.05) is 43.1 Å². The molecule has 160 valence electrons. The fraction of sp³-hybridized carbons (Fsp3) is 0.217. The zero-order chi connectivity index (χ0) is 22.0. The number of amides is 1. The van der Waals surface area contributed by atoms with Crippen molar-refractivity contribution >= 4 is 34.9 Å². The summed E-state index contributed by atoms with van der Waals surface area (Å²) >= 11 is 1.49. The number of aliphatic hydroxyl groups excluding tert-OH is 1. The maximum absolute atomic E-state index is 13.1. The molecule has 0 radical (unpaired) electrons. The van der Waals surface area contributed by atoms with Crippen LogP contribution in [0.3, 0.4) is 0 Å². The summed E-state index contributed by atoms with van der Waals surface area (Å²) in [5.74, 6) is 0.401. The molecule has 6 nitrogen and oxygen atoms in total. The van der Waals surface area contributed by atoms with Crippen LogP contribution in [0.4, 0.5) is 21.6 Å². The van der Waals surface area contributed by atoms with Crippen molar-refractivity contribution in [2.24, 2.45) is 0 Å². The molecule has 31 heavy (non-hydrogen) atoms. The number of benzene rings is 2. The fourth-order valence-corrected chi connectivity index (χ4v) is 4.39. The van der Waals surface area contributed by atoms with Crippen LogP contribution >= 0.6 is 11.8 Å². The molecule has 3 N–H and O–H groups in total. The van der Waals surface area contributed by atoms with Crippen LogP contribution in [0.15, 0.2) is 58.3 Å². The van der Waals surface area contributed by atoms with E-state index in [4.69, 9.17) is 0 Å². The van der Waals surface area contributed by atoms with Crippen molar-refractivity contribution < 1.29 is 14.3 Å². The number of hydrogen-bond donors (Lipinski definition) is 3. The first-order valence-corrected chi connectivity index (χ1v) is 10.7. The van der Waals surface area contributed by atoms with Crippen molar-refractivity contribution in [1.29, 1.82) is 0 Å². The molecule has 1 amide bonds. The first-order valence-electron chi connectivity index (χ1n) is 9.85. The molecule has 2 aromatic carbocycles. The standard InChI is InChI=1S/C23H23FN4O2S/c1-14-23-19(28(2)12-22(30)27-23)10-21(26-14)25-11-15-3-8-20(16(9-15)13-29)31-18-6-4-17(24)5-7-18/h3-10,29H,11-13H2,1-2H3,(H,25,26)(H,27,30). The summed E-state index contributed by atoms with van der Waals surface area (Å²) in [5.41, 5.74) is 4.24. The number of aromatic nitrogens is 1. The topological polar surface area (TPSA) is 77.5 Å². The van der Waals surface area contributed by atoms with E-state index in [1.54, 1.807) is 12.1 Å². The van der Waals surface area contributed by atoms with Gasteiger partial charge in [0.25, 0.3) is 0 Å². The lowest BCUT2D eigenvalue weighted by molar-refractivity contribution is -0.115. The number of hydrogen-bond acceptors (Lipinski definition) is 6. The molecule has 0 saturated heterocycles. The maximum atomic E-state index is 13.1. The third-order valence-electron chi connectivity index (χ3n) is 5.05. The number of carbonyl (C=O) groups is 1. The maximum Gasteiger partial charge on any atom is 0.243 e. The van der Waals surface area contributed by atoms with Crippen molar-refractivity contribution in [2.75, 3.05) is 29.1 Å². The van der Waals surface area contributed by atoms with Crippen LogP contribution in [-0.4, -0.2) is 29.6 Å². The van der Waals surface area contributed by atoms with E-state index >= 15 is 0 Å². The third kappa shape index (κ3) is 4.81. The summed E-state index contributed by atoms with van der Waals surface area (Å²) in [6, 6.07) is 14.1. The molecule has 0 unspecified atom stereocenters. The molecule has 2 heterocycles. The molecule has 0 spiro atoms. The quantitative estimate of drug-likeness (QED) is 0.536. The molecule has 0 fully saturated rings. The number of halogens is 1. The van der Waals surface area contributed by atoms with Crippen LogP contribution in [-0.2, 0) is 17.9 Å². The van der Waals surface area contributed by atoms with Crippen LogP contribution in [0, 0.1) is 12.7 Å². The highest BCUT2D eigenvalue weighted by molar-refractivity contribution is 7.99. The molecular formula is C23H23FN4O2S. The largest absolute Gasteiger partial charge is 0.392 e. The van der Waals surface area contributed by atoms with Gasteiger partial charge in [-0.05, 0) is 48.4 Å². The monoisotopic (exact) mass is 438 g/mol. The van der Waals surface area contributed by atoms with E-state index in [1.165, 1.54) is 23.9 Å². The zero-order valence-electron chi connectivity index (χ0n) is 17.3. The van der Waals surface area contributed by atoms with Crippen molar-refractivity contribution in [3.63, 3.8) is 0 Å². The Bertz CT molecular complexity index is 1120. The zero-order valence-corrected chi connectivity index (χ0v) is 18.1. The smallest absolute Gasteiger partial charge is 0.243 e. The van der Waals surface area contributed by atoms with Gasteiger partial charge < -0.3 is 20.6 Å². The van der Waals surface area contributed by atoms with E-state index < -0.39 is 0 Å². The minimum atomic E-state index is -0.271. The number of pyridine rings is 1. The Morgan fingerprint density at radius 2 is 2.00 bits per heavy atom. The lowest BCUT2D eigenvalue weighted by Crippen LogP contribution is -2.36. The third-order valence-corrected chi connectivity index (χ3v) is 6.17. The lowest BCUT2D eigenvalue weighted by Gasteiger charge is -2.28. The molecule has 1 aliphatic heterocycles. The number of fused-ring (bicyclic) bond motifs is 1. The number of nitrogens with zero attached hydrogens (tertiary/aromatic N) is 2. The molecule has 0 atom stereocenters. The average molecular weight is 439 g/mol. The fourth-order valence-electron chi connectivity index (χ4n) is 3.47. The number of anilines is 3. The van der Waals surface area contributed by atoms with Gasteiger partial charge in [0, 0.05) is 29.4 Å². The van der Waals surface area contributed by atoms with Gasteiger partial charge in [0.15, 0.2) is 0 Å². The summed E-state index contributed by atoms with van der Waals surface area (Å²) < 4.78 is 13.1. The summed E-state index contributed by atoms with van der Waals surface area (Å²) in [6.07, 6.45) is 0. The van der Waals surface area contributed by atoms with Crippen LogP contribution in [0.2, 0.25) is 0 Å². The minimum Gasteiger partial charge on any atom is -0.392 e. The number of aryl methyl sites for hydroxylation is 1. The van der Waals surface area contributed by atoms with E-state index in [-0.39, 0.29) is 18.3 Å². The molecule has 1 aliphatic rings. The summed E-state index contributed by atoms with van der Waals surface area (Å²) in [7, 11) is 1.88. The second-order valence-corrected chi connectivity index (χ2v) is 8.52. The van der Waals surface area contributed by atoms with Gasteiger partial charge in [-0.1, -0.05) is 23.9 Å². The highest BCUT2D eigenvalue weighted by Gasteiger charge is 2.22. The van der Waals surface area contributed by atoms with E-state index in [0.717, 1.165) is 43.8 Å². The van der Waals surface area contributed by atoms with Gasteiger partial charge in [-0.25, -0.2) is 9.37 Å². The predicted octanol–water partition coefficient (Wildman–Crippen LogP) is 4.17. The van der Waals surface area contributed by atoms with Gasteiger partial charge in [-0.3, -0.25) is 4.79 Å².